The summed E-state index contributed by atoms with van der Waals surface area (Å²) in [6.45, 7) is 17.7. The number of rotatable bonds is 8. The van der Waals surface area contributed by atoms with E-state index in [2.05, 4.69) is 50.0 Å². The number of amides is 1. The lowest BCUT2D eigenvalue weighted by Gasteiger charge is -2.27. The van der Waals surface area contributed by atoms with E-state index >= 15 is 0 Å². The first-order valence-corrected chi connectivity index (χ1v) is 12.2. The lowest BCUT2D eigenvalue weighted by atomic mass is 9.99. The van der Waals surface area contributed by atoms with E-state index in [9.17, 15) is 4.79 Å². The van der Waals surface area contributed by atoms with Crippen molar-refractivity contribution in [2.24, 2.45) is 5.10 Å². The van der Waals surface area contributed by atoms with E-state index in [-0.39, 0.29) is 5.91 Å². The largest absolute Gasteiger partial charge is 0.336 e. The fraction of sp³-hybridized carbons (Fsp3) is 0.379. The van der Waals surface area contributed by atoms with Gasteiger partial charge in [0.15, 0.2) is 0 Å². The van der Waals surface area contributed by atoms with E-state index in [1.165, 1.54) is 11.1 Å². The third-order valence-electron chi connectivity index (χ3n) is 6.23. The molecule has 0 unspecified atom stereocenters. The Morgan fingerprint density at radius 1 is 1.09 bits per heavy atom. The molecule has 0 spiro atoms. The predicted molar refractivity (Wildman–Crippen MR) is 143 cm³/mol. The van der Waals surface area contributed by atoms with Crippen molar-refractivity contribution < 1.29 is 4.79 Å². The molecule has 0 aromatic heterocycles. The molecule has 5 heteroatoms. The van der Waals surface area contributed by atoms with Crippen LogP contribution < -0.4 is 5.32 Å². The summed E-state index contributed by atoms with van der Waals surface area (Å²) in [4.78, 5) is 14.7. The Hall–Kier alpha value is -3.18. The highest BCUT2D eigenvalue weighted by Crippen LogP contribution is 2.26. The van der Waals surface area contributed by atoms with Crippen LogP contribution in [0.1, 0.15) is 66.7 Å². The molecule has 3 rings (SSSR count). The Balaban J connectivity index is 1.85. The molecule has 1 aliphatic rings. The minimum Gasteiger partial charge on any atom is -0.336 e. The van der Waals surface area contributed by atoms with Gasteiger partial charge in [0, 0.05) is 43.0 Å². The van der Waals surface area contributed by atoms with E-state index in [4.69, 9.17) is 5.10 Å². The van der Waals surface area contributed by atoms with Crippen molar-refractivity contribution in [3.05, 3.63) is 88.6 Å². The van der Waals surface area contributed by atoms with Gasteiger partial charge in [0.1, 0.15) is 0 Å². The van der Waals surface area contributed by atoms with Crippen molar-refractivity contribution in [1.29, 1.82) is 0 Å². The van der Waals surface area contributed by atoms with Crippen molar-refractivity contribution in [3.8, 4) is 0 Å². The van der Waals surface area contributed by atoms with E-state index in [1.54, 1.807) is 0 Å². The fourth-order valence-electron chi connectivity index (χ4n) is 4.24. The molecule has 0 bridgehead atoms. The zero-order valence-corrected chi connectivity index (χ0v) is 21.3. The molecule has 34 heavy (non-hydrogen) atoms. The lowest BCUT2D eigenvalue weighted by Crippen LogP contribution is -2.46. The van der Waals surface area contributed by atoms with Gasteiger partial charge in [-0.3, -0.25) is 4.79 Å². The van der Waals surface area contributed by atoms with Crippen LogP contribution >= 0.6 is 0 Å². The van der Waals surface area contributed by atoms with Crippen molar-refractivity contribution in [2.75, 3.05) is 26.2 Å². The normalized spacial score (nSPS) is 14.8. The first-order chi connectivity index (χ1) is 16.3. The van der Waals surface area contributed by atoms with Crippen LogP contribution in [0.5, 0.6) is 0 Å². The molecule has 2 aromatic rings. The summed E-state index contributed by atoms with van der Waals surface area (Å²) in [7, 11) is 0. The van der Waals surface area contributed by atoms with Crippen LogP contribution in [0.3, 0.4) is 0 Å². The lowest BCUT2D eigenvalue weighted by molar-refractivity contribution is 0.0736. The molecule has 1 saturated heterocycles. The summed E-state index contributed by atoms with van der Waals surface area (Å²) in [5, 5.41) is 10.1. The van der Waals surface area contributed by atoms with Crippen molar-refractivity contribution in [3.63, 3.8) is 0 Å². The summed E-state index contributed by atoms with van der Waals surface area (Å²) in [6, 6.07) is 14.4. The number of carbonyl (C=O) groups excluding carboxylic acids is 1. The molecule has 1 amide bonds. The van der Waals surface area contributed by atoms with Gasteiger partial charge in [-0.05, 0) is 69.0 Å². The van der Waals surface area contributed by atoms with Crippen LogP contribution in [0.25, 0.3) is 5.70 Å². The predicted octanol–water partition coefficient (Wildman–Crippen LogP) is 5.61. The molecule has 2 aromatic carbocycles. The number of carbonyl (C=O) groups is 1. The van der Waals surface area contributed by atoms with E-state index in [0.717, 1.165) is 67.3 Å². The highest BCUT2D eigenvalue weighted by atomic mass is 16.2. The Bertz CT molecular complexity index is 1080. The molecule has 180 valence electrons. The number of aryl methyl sites for hydroxylation is 2. The maximum Gasteiger partial charge on any atom is 0.253 e. The SMILES string of the molecule is C=C(C)N(N=C(C)c1ccc(C(=O)N2CCNCC2)cc1)C(=CC)c1ccc(C)c(CCC)c1. The molecule has 1 N–H and O–H groups in total. The first kappa shape index (κ1) is 25.4. The van der Waals surface area contributed by atoms with Gasteiger partial charge in [0.05, 0.1) is 11.4 Å². The number of nitrogens with zero attached hydrogens (tertiary/aromatic N) is 3. The second kappa shape index (κ2) is 11.8. The monoisotopic (exact) mass is 458 g/mol. The molecular formula is C29H38N4O. The topological polar surface area (TPSA) is 47.9 Å². The maximum atomic E-state index is 12.8. The quantitative estimate of drug-likeness (QED) is 0.413. The van der Waals surface area contributed by atoms with Crippen LogP contribution in [-0.2, 0) is 6.42 Å². The number of hydrogen-bond donors (Lipinski definition) is 1. The van der Waals surface area contributed by atoms with E-state index in [1.807, 2.05) is 54.9 Å². The standard InChI is InChI=1S/C29H38N4O/c1-7-9-26-20-27(11-10-22(26)5)28(8-2)33(21(3)4)31-23(6)24-12-14-25(15-13-24)29(34)32-18-16-30-17-19-32/h8,10-15,20,30H,3,7,9,16-19H2,1-2,4-6H3. The van der Waals surface area contributed by atoms with Gasteiger partial charge in [-0.1, -0.05) is 50.3 Å². The number of hydrogen-bond acceptors (Lipinski definition) is 4. The van der Waals surface area contributed by atoms with Crippen LogP contribution in [0.2, 0.25) is 0 Å². The Labute approximate surface area is 204 Å². The number of hydrazone groups is 1. The molecule has 1 fully saturated rings. The Morgan fingerprint density at radius 3 is 2.29 bits per heavy atom. The summed E-state index contributed by atoms with van der Waals surface area (Å²) in [5.74, 6) is 0.0876. The first-order valence-electron chi connectivity index (χ1n) is 12.2. The molecule has 5 nitrogen and oxygen atoms in total. The number of piperazine rings is 1. The number of nitrogens with one attached hydrogen (secondary N) is 1. The minimum atomic E-state index is 0.0876. The van der Waals surface area contributed by atoms with Crippen LogP contribution in [0.4, 0.5) is 0 Å². The van der Waals surface area contributed by atoms with E-state index < -0.39 is 0 Å². The average Bonchev–Trinajstić information content (AvgIpc) is 2.85. The van der Waals surface area contributed by atoms with E-state index in [0.29, 0.717) is 5.56 Å². The van der Waals surface area contributed by atoms with Gasteiger partial charge < -0.3 is 10.2 Å². The molecule has 0 aliphatic carbocycles. The van der Waals surface area contributed by atoms with Gasteiger partial charge in [-0.2, -0.15) is 5.10 Å². The third-order valence-corrected chi connectivity index (χ3v) is 6.23. The van der Waals surface area contributed by atoms with Gasteiger partial charge in [0.25, 0.3) is 5.91 Å². The molecule has 0 atom stereocenters. The van der Waals surface area contributed by atoms with Gasteiger partial charge in [-0.15, -0.1) is 0 Å². The average molecular weight is 459 g/mol. The van der Waals surface area contributed by atoms with Gasteiger partial charge in [0.2, 0.25) is 0 Å². The second-order valence-corrected chi connectivity index (χ2v) is 8.92. The van der Waals surface area contributed by atoms with Crippen LogP contribution in [0, 0.1) is 6.92 Å². The summed E-state index contributed by atoms with van der Waals surface area (Å²) >= 11 is 0. The summed E-state index contributed by atoms with van der Waals surface area (Å²) in [6.07, 6.45) is 4.26. The molecule has 1 aliphatic heterocycles. The zero-order valence-electron chi connectivity index (χ0n) is 21.3. The van der Waals surface area contributed by atoms with Crippen LogP contribution in [0.15, 0.2) is 65.9 Å². The fourth-order valence-corrected chi connectivity index (χ4v) is 4.24. The molecular weight excluding hydrogens is 420 g/mol. The Morgan fingerprint density at radius 2 is 1.71 bits per heavy atom. The van der Waals surface area contributed by atoms with Crippen molar-refractivity contribution in [1.82, 2.24) is 15.2 Å². The van der Waals surface area contributed by atoms with Crippen molar-refractivity contribution >= 4 is 17.3 Å². The highest BCUT2D eigenvalue weighted by Gasteiger charge is 2.18. The van der Waals surface area contributed by atoms with Crippen LogP contribution in [-0.4, -0.2) is 47.7 Å². The second-order valence-electron chi connectivity index (χ2n) is 8.92. The maximum absolute atomic E-state index is 12.8. The molecule has 0 radical (unpaired) electrons. The smallest absolute Gasteiger partial charge is 0.253 e. The van der Waals surface area contributed by atoms with Gasteiger partial charge >= 0.3 is 0 Å². The van der Waals surface area contributed by atoms with Crippen molar-refractivity contribution in [2.45, 2.75) is 47.5 Å². The number of allylic oxidation sites excluding steroid dienone is 2. The number of benzene rings is 2. The summed E-state index contributed by atoms with van der Waals surface area (Å²) in [5.41, 5.74) is 8.23. The summed E-state index contributed by atoms with van der Waals surface area (Å²) < 4.78 is 0. The Kier molecular flexibility index (Phi) is 8.83. The highest BCUT2D eigenvalue weighted by molar-refractivity contribution is 6.00. The zero-order chi connectivity index (χ0) is 24.7. The third kappa shape index (κ3) is 6.03. The molecule has 0 saturated carbocycles. The molecule has 1 heterocycles. The minimum absolute atomic E-state index is 0.0876. The van der Waals surface area contributed by atoms with Gasteiger partial charge in [-0.25, -0.2) is 5.01 Å².